The summed E-state index contributed by atoms with van der Waals surface area (Å²) < 4.78 is 0. The van der Waals surface area contributed by atoms with Crippen molar-refractivity contribution in [1.29, 1.82) is 0 Å². The number of benzene rings is 1. The maximum atomic E-state index is 11.4. The van der Waals surface area contributed by atoms with Gasteiger partial charge in [0.2, 0.25) is 5.91 Å². The van der Waals surface area contributed by atoms with Crippen LogP contribution in [-0.2, 0) is 11.3 Å². The second-order valence-electron chi connectivity index (χ2n) is 4.15. The number of nitrogens with zero attached hydrogens (tertiary/aromatic N) is 1. The van der Waals surface area contributed by atoms with Crippen molar-refractivity contribution < 1.29 is 4.79 Å². The molecule has 0 atom stereocenters. The average molecular weight is 245 g/mol. The van der Waals surface area contributed by atoms with Gasteiger partial charge in [-0.3, -0.25) is 10.1 Å². The Bertz CT molecular complexity index is 418. The summed E-state index contributed by atoms with van der Waals surface area (Å²) in [6.45, 7) is 1.19. The number of nitrogens with one attached hydrogen (secondary N) is 2. The van der Waals surface area contributed by atoms with Gasteiger partial charge in [-0.25, -0.2) is 0 Å². The van der Waals surface area contributed by atoms with E-state index in [2.05, 4.69) is 16.6 Å². The zero-order chi connectivity index (χ0) is 13.4. The monoisotopic (exact) mass is 245 g/mol. The zero-order valence-electron chi connectivity index (χ0n) is 10.9. The molecule has 2 N–H and O–H groups in total. The Morgan fingerprint density at radius 2 is 2.00 bits per heavy atom. The minimum absolute atomic E-state index is 0.0538. The predicted molar refractivity (Wildman–Crippen MR) is 74.3 cm³/mol. The fourth-order valence-electron chi connectivity index (χ4n) is 1.42. The number of hydrogen-bond donors (Lipinski definition) is 2. The van der Waals surface area contributed by atoms with Crippen molar-refractivity contribution in [2.75, 3.05) is 32.1 Å². The molecule has 1 amide bonds. The van der Waals surface area contributed by atoms with Gasteiger partial charge in [-0.15, -0.1) is 6.42 Å². The second-order valence-corrected chi connectivity index (χ2v) is 4.15. The molecule has 0 unspecified atom stereocenters. The maximum absolute atomic E-state index is 11.4. The van der Waals surface area contributed by atoms with E-state index in [1.165, 1.54) is 0 Å². The lowest BCUT2D eigenvalue weighted by atomic mass is 10.2. The molecule has 1 aromatic rings. The Labute approximate surface area is 108 Å². The Kier molecular flexibility index (Phi) is 5.75. The Morgan fingerprint density at radius 3 is 2.56 bits per heavy atom. The average Bonchev–Trinajstić information content (AvgIpc) is 2.37. The summed E-state index contributed by atoms with van der Waals surface area (Å²) in [6, 6.07) is 8.06. The number of carbonyl (C=O) groups is 1. The van der Waals surface area contributed by atoms with Crippen LogP contribution in [0.15, 0.2) is 24.3 Å². The highest BCUT2D eigenvalue weighted by Crippen LogP contribution is 2.11. The number of amides is 1. The van der Waals surface area contributed by atoms with Crippen LogP contribution in [0, 0.1) is 12.3 Å². The molecule has 96 valence electrons. The first-order valence-electron chi connectivity index (χ1n) is 5.80. The molecule has 0 spiro atoms. The van der Waals surface area contributed by atoms with Crippen LogP contribution in [0.3, 0.4) is 0 Å². The third kappa shape index (κ3) is 4.89. The maximum Gasteiger partial charge on any atom is 0.234 e. The van der Waals surface area contributed by atoms with Crippen LogP contribution in [0.2, 0.25) is 0 Å². The molecule has 4 nitrogen and oxygen atoms in total. The van der Waals surface area contributed by atoms with E-state index >= 15 is 0 Å². The first-order valence-corrected chi connectivity index (χ1v) is 5.80. The fourth-order valence-corrected chi connectivity index (χ4v) is 1.42. The third-order valence-corrected chi connectivity index (χ3v) is 2.46. The molecule has 1 rings (SSSR count). The summed E-state index contributed by atoms with van der Waals surface area (Å²) in [5, 5.41) is 5.66. The number of terminal acetylenes is 1. The van der Waals surface area contributed by atoms with E-state index in [1.807, 2.05) is 43.3 Å². The fraction of sp³-hybridized carbons (Fsp3) is 0.357. The van der Waals surface area contributed by atoms with E-state index < -0.39 is 0 Å². The van der Waals surface area contributed by atoms with E-state index in [-0.39, 0.29) is 12.5 Å². The second kappa shape index (κ2) is 7.36. The van der Waals surface area contributed by atoms with Crippen LogP contribution in [0.5, 0.6) is 0 Å². The van der Waals surface area contributed by atoms with Gasteiger partial charge in [0.15, 0.2) is 0 Å². The molecule has 18 heavy (non-hydrogen) atoms. The van der Waals surface area contributed by atoms with Gasteiger partial charge in [0, 0.05) is 26.3 Å². The number of anilines is 1. The summed E-state index contributed by atoms with van der Waals surface area (Å²) in [5.74, 6) is 2.36. The summed E-state index contributed by atoms with van der Waals surface area (Å²) in [6.07, 6.45) is 5.07. The molecule has 0 radical (unpaired) electrons. The lowest BCUT2D eigenvalue weighted by Crippen LogP contribution is -2.33. The molecule has 0 aliphatic rings. The van der Waals surface area contributed by atoms with Gasteiger partial charge < -0.3 is 10.2 Å². The summed E-state index contributed by atoms with van der Waals surface area (Å²) >= 11 is 0. The summed E-state index contributed by atoms with van der Waals surface area (Å²) in [7, 11) is 3.99. The van der Waals surface area contributed by atoms with Crippen LogP contribution in [-0.4, -0.2) is 33.1 Å². The molecule has 1 aromatic carbocycles. The van der Waals surface area contributed by atoms with Crippen molar-refractivity contribution in [3.63, 3.8) is 0 Å². The van der Waals surface area contributed by atoms with Crippen LogP contribution >= 0.6 is 0 Å². The first-order chi connectivity index (χ1) is 8.63. The van der Waals surface area contributed by atoms with Crippen molar-refractivity contribution in [3.05, 3.63) is 29.8 Å². The quantitative estimate of drug-likeness (QED) is 0.569. The van der Waals surface area contributed by atoms with Gasteiger partial charge in [0.1, 0.15) is 0 Å². The zero-order valence-corrected chi connectivity index (χ0v) is 10.9. The van der Waals surface area contributed by atoms with Crippen molar-refractivity contribution in [2.45, 2.75) is 6.54 Å². The van der Waals surface area contributed by atoms with Crippen LogP contribution in [0.1, 0.15) is 5.56 Å². The van der Waals surface area contributed by atoms with Crippen molar-refractivity contribution in [3.8, 4) is 12.3 Å². The molecule has 0 saturated heterocycles. The molecule has 0 fully saturated rings. The predicted octanol–water partition coefficient (Wildman–Crippen LogP) is 0.592. The molecular formula is C14H19N3O. The molecule has 0 aromatic heterocycles. The number of hydrogen-bond acceptors (Lipinski definition) is 3. The highest BCUT2D eigenvalue weighted by molar-refractivity contribution is 5.78. The minimum Gasteiger partial charge on any atom is -0.378 e. The number of rotatable bonds is 6. The van der Waals surface area contributed by atoms with Gasteiger partial charge >= 0.3 is 0 Å². The number of carbonyl (C=O) groups excluding carboxylic acids is 1. The topological polar surface area (TPSA) is 44.4 Å². The van der Waals surface area contributed by atoms with Gasteiger partial charge in [0.25, 0.3) is 0 Å². The lowest BCUT2D eigenvalue weighted by Gasteiger charge is -2.13. The van der Waals surface area contributed by atoms with Gasteiger partial charge in [-0.1, -0.05) is 18.1 Å². The molecule has 0 aliphatic heterocycles. The molecule has 0 bridgehead atoms. The smallest absolute Gasteiger partial charge is 0.234 e. The van der Waals surface area contributed by atoms with Gasteiger partial charge in [0.05, 0.1) is 13.1 Å². The Morgan fingerprint density at radius 1 is 1.33 bits per heavy atom. The highest BCUT2D eigenvalue weighted by Gasteiger charge is 2.00. The van der Waals surface area contributed by atoms with E-state index in [0.29, 0.717) is 13.1 Å². The normalized spacial score (nSPS) is 9.61. The molecule has 0 heterocycles. The summed E-state index contributed by atoms with van der Waals surface area (Å²) in [5.41, 5.74) is 2.21. The van der Waals surface area contributed by atoms with Crippen LogP contribution < -0.4 is 15.5 Å². The Balaban J connectivity index is 2.35. The minimum atomic E-state index is -0.0538. The molecule has 4 heteroatoms. The standard InChI is InChI=1S/C14H19N3O/c1-4-9-15-11-14(18)16-10-12-5-7-13(8-6-12)17(2)3/h1,5-8,15H,9-11H2,2-3H3,(H,16,18). The highest BCUT2D eigenvalue weighted by atomic mass is 16.1. The van der Waals surface area contributed by atoms with Gasteiger partial charge in [-0.2, -0.15) is 0 Å². The van der Waals surface area contributed by atoms with E-state index in [9.17, 15) is 4.79 Å². The molecular weight excluding hydrogens is 226 g/mol. The molecule has 0 aliphatic carbocycles. The first kappa shape index (κ1) is 14.1. The van der Waals surface area contributed by atoms with Crippen LogP contribution in [0.25, 0.3) is 0 Å². The SMILES string of the molecule is C#CCNCC(=O)NCc1ccc(N(C)C)cc1. The van der Waals surface area contributed by atoms with Crippen molar-refractivity contribution in [1.82, 2.24) is 10.6 Å². The Hall–Kier alpha value is -1.99. The van der Waals surface area contributed by atoms with E-state index in [1.54, 1.807) is 0 Å². The van der Waals surface area contributed by atoms with E-state index in [4.69, 9.17) is 6.42 Å². The van der Waals surface area contributed by atoms with Gasteiger partial charge in [-0.05, 0) is 17.7 Å². The van der Waals surface area contributed by atoms with E-state index in [0.717, 1.165) is 11.3 Å². The van der Waals surface area contributed by atoms with Crippen molar-refractivity contribution in [2.24, 2.45) is 0 Å². The van der Waals surface area contributed by atoms with Crippen molar-refractivity contribution >= 4 is 11.6 Å². The third-order valence-electron chi connectivity index (χ3n) is 2.46. The largest absolute Gasteiger partial charge is 0.378 e. The van der Waals surface area contributed by atoms with Crippen LogP contribution in [0.4, 0.5) is 5.69 Å². The lowest BCUT2D eigenvalue weighted by molar-refractivity contribution is -0.120. The molecule has 0 saturated carbocycles. The summed E-state index contributed by atoms with van der Waals surface area (Å²) in [4.78, 5) is 13.4.